The number of rotatable bonds is 2. The molecule has 1 aliphatic rings. The van der Waals surface area contributed by atoms with E-state index in [1.54, 1.807) is 55.6 Å². The van der Waals surface area contributed by atoms with Gasteiger partial charge in [-0.25, -0.2) is 4.79 Å². The Morgan fingerprint density at radius 1 is 1.08 bits per heavy atom. The van der Waals surface area contributed by atoms with Crippen molar-refractivity contribution in [1.82, 2.24) is 4.90 Å². The number of para-hydroxylation sites is 1. The average Bonchev–Trinajstić information content (AvgIpc) is 2.93. The molecule has 1 unspecified atom stereocenters. The molecule has 0 saturated heterocycles. The van der Waals surface area contributed by atoms with Crippen LogP contribution < -0.4 is 5.43 Å². The summed E-state index contributed by atoms with van der Waals surface area (Å²) in [7, 11) is 2.94. The zero-order chi connectivity index (χ0) is 18.4. The highest BCUT2D eigenvalue weighted by Gasteiger charge is 2.40. The highest BCUT2D eigenvalue weighted by molar-refractivity contribution is 5.99. The number of benzene rings is 2. The van der Waals surface area contributed by atoms with Crippen LogP contribution in [0.4, 0.5) is 0 Å². The van der Waals surface area contributed by atoms with Gasteiger partial charge in [-0.15, -0.1) is 0 Å². The molecule has 6 heteroatoms. The quantitative estimate of drug-likeness (QED) is 0.665. The lowest BCUT2D eigenvalue weighted by molar-refractivity contribution is 0.0600. The molecule has 6 nitrogen and oxygen atoms in total. The van der Waals surface area contributed by atoms with Crippen LogP contribution in [0.3, 0.4) is 0 Å². The van der Waals surface area contributed by atoms with E-state index in [1.807, 2.05) is 0 Å². The van der Waals surface area contributed by atoms with Gasteiger partial charge in [0.1, 0.15) is 5.58 Å². The van der Waals surface area contributed by atoms with Gasteiger partial charge in [0.05, 0.1) is 29.7 Å². The van der Waals surface area contributed by atoms with Crippen molar-refractivity contribution in [3.63, 3.8) is 0 Å². The topological polar surface area (TPSA) is 76.8 Å². The first-order chi connectivity index (χ1) is 12.5. The van der Waals surface area contributed by atoms with Crippen LogP contribution in [0.1, 0.15) is 38.1 Å². The third-order valence-electron chi connectivity index (χ3n) is 4.66. The standard InChI is InChI=1S/C20H15NO5/c1-21-16(11-7-9-12(10-8-11)20(24)25-2)15-17(22)13-5-3-4-6-14(13)26-18(15)19(21)23/h3-10,16H,1-2H3. The molecule has 2 heterocycles. The van der Waals surface area contributed by atoms with Crippen LogP contribution >= 0.6 is 0 Å². The van der Waals surface area contributed by atoms with E-state index in [2.05, 4.69) is 0 Å². The fourth-order valence-electron chi connectivity index (χ4n) is 3.34. The second kappa shape index (κ2) is 5.84. The van der Waals surface area contributed by atoms with Crippen molar-refractivity contribution in [3.05, 3.63) is 81.2 Å². The minimum atomic E-state index is -0.565. The number of ether oxygens (including phenoxy) is 1. The van der Waals surface area contributed by atoms with E-state index < -0.39 is 12.0 Å². The van der Waals surface area contributed by atoms with Gasteiger partial charge < -0.3 is 14.1 Å². The highest BCUT2D eigenvalue weighted by Crippen LogP contribution is 2.36. The third-order valence-corrected chi connectivity index (χ3v) is 4.66. The molecule has 0 radical (unpaired) electrons. The van der Waals surface area contributed by atoms with Crippen molar-refractivity contribution in [2.75, 3.05) is 14.2 Å². The van der Waals surface area contributed by atoms with Crippen molar-refractivity contribution in [3.8, 4) is 0 Å². The molecule has 1 atom stereocenters. The maximum atomic E-state index is 13.0. The maximum absolute atomic E-state index is 13.0. The molecule has 0 saturated carbocycles. The summed E-state index contributed by atoms with van der Waals surface area (Å²) in [5.74, 6) is -0.721. The monoisotopic (exact) mass is 349 g/mol. The van der Waals surface area contributed by atoms with E-state index >= 15 is 0 Å². The van der Waals surface area contributed by atoms with Crippen molar-refractivity contribution >= 4 is 22.8 Å². The van der Waals surface area contributed by atoms with E-state index in [0.717, 1.165) is 5.56 Å². The van der Waals surface area contributed by atoms with E-state index in [0.29, 0.717) is 22.1 Å². The number of fused-ring (bicyclic) bond motifs is 2. The summed E-state index contributed by atoms with van der Waals surface area (Å²) in [6.45, 7) is 0. The fourth-order valence-corrected chi connectivity index (χ4v) is 3.34. The molecular formula is C20H15NO5. The first kappa shape index (κ1) is 16.1. The zero-order valence-corrected chi connectivity index (χ0v) is 14.2. The number of nitrogens with zero attached hydrogens (tertiary/aromatic N) is 1. The Labute approximate surface area is 148 Å². The van der Waals surface area contributed by atoms with Crippen LogP contribution in [0.15, 0.2) is 57.7 Å². The Kier molecular flexibility index (Phi) is 3.61. The molecule has 1 aliphatic heterocycles. The molecule has 4 rings (SSSR count). The van der Waals surface area contributed by atoms with Gasteiger partial charge in [0.2, 0.25) is 5.76 Å². The molecule has 0 aliphatic carbocycles. The Hall–Kier alpha value is -3.41. The van der Waals surface area contributed by atoms with Crippen molar-refractivity contribution in [2.24, 2.45) is 0 Å². The van der Waals surface area contributed by atoms with Gasteiger partial charge in [-0.05, 0) is 29.8 Å². The largest absolute Gasteiger partial charge is 0.465 e. The lowest BCUT2D eigenvalue weighted by Crippen LogP contribution is -2.25. The Morgan fingerprint density at radius 3 is 2.46 bits per heavy atom. The second-order valence-electron chi connectivity index (χ2n) is 6.10. The van der Waals surface area contributed by atoms with Gasteiger partial charge in [0.15, 0.2) is 5.43 Å². The van der Waals surface area contributed by atoms with Gasteiger partial charge in [0.25, 0.3) is 5.91 Å². The average molecular weight is 349 g/mol. The van der Waals surface area contributed by atoms with Crippen LogP contribution in [-0.4, -0.2) is 30.9 Å². The number of amides is 1. The van der Waals surface area contributed by atoms with Crippen molar-refractivity contribution in [2.45, 2.75) is 6.04 Å². The Bertz CT molecular complexity index is 1100. The molecule has 2 aromatic carbocycles. The summed E-state index contributed by atoms with van der Waals surface area (Å²) < 4.78 is 10.4. The number of hydrogen-bond acceptors (Lipinski definition) is 5. The summed E-state index contributed by atoms with van der Waals surface area (Å²) >= 11 is 0. The van der Waals surface area contributed by atoms with Crippen molar-refractivity contribution < 1.29 is 18.7 Å². The zero-order valence-electron chi connectivity index (χ0n) is 14.2. The van der Waals surface area contributed by atoms with Crippen molar-refractivity contribution in [1.29, 1.82) is 0 Å². The Balaban J connectivity index is 1.90. The van der Waals surface area contributed by atoms with E-state index in [4.69, 9.17) is 9.15 Å². The molecule has 0 bridgehead atoms. The van der Waals surface area contributed by atoms with Crippen LogP contribution in [0, 0.1) is 0 Å². The molecule has 130 valence electrons. The van der Waals surface area contributed by atoms with Crippen LogP contribution in [0.2, 0.25) is 0 Å². The third kappa shape index (κ3) is 2.23. The summed E-state index contributed by atoms with van der Waals surface area (Å²) in [6, 6.07) is 12.9. The van der Waals surface area contributed by atoms with Crippen LogP contribution in [-0.2, 0) is 4.74 Å². The second-order valence-corrected chi connectivity index (χ2v) is 6.10. The van der Waals surface area contributed by atoms with Crippen LogP contribution in [0.5, 0.6) is 0 Å². The molecule has 0 spiro atoms. The van der Waals surface area contributed by atoms with E-state index in [-0.39, 0.29) is 17.1 Å². The summed E-state index contributed by atoms with van der Waals surface area (Å²) in [5.41, 5.74) is 1.60. The van der Waals surface area contributed by atoms with Gasteiger partial charge >= 0.3 is 5.97 Å². The lowest BCUT2D eigenvalue weighted by Gasteiger charge is -2.20. The molecule has 1 amide bonds. The minimum Gasteiger partial charge on any atom is -0.465 e. The normalized spacial score (nSPS) is 16.0. The predicted octanol–water partition coefficient (Wildman–Crippen LogP) is 2.75. The molecule has 0 fully saturated rings. The molecular weight excluding hydrogens is 334 g/mol. The summed E-state index contributed by atoms with van der Waals surface area (Å²) in [4.78, 5) is 38.7. The number of esters is 1. The van der Waals surface area contributed by atoms with E-state index in [1.165, 1.54) is 12.0 Å². The first-order valence-electron chi connectivity index (χ1n) is 8.04. The maximum Gasteiger partial charge on any atom is 0.337 e. The summed E-state index contributed by atoms with van der Waals surface area (Å²) in [6.07, 6.45) is 0. The smallest absolute Gasteiger partial charge is 0.337 e. The van der Waals surface area contributed by atoms with E-state index in [9.17, 15) is 14.4 Å². The number of carbonyl (C=O) groups is 2. The predicted molar refractivity (Wildman–Crippen MR) is 94.2 cm³/mol. The van der Waals surface area contributed by atoms with Gasteiger partial charge in [-0.1, -0.05) is 24.3 Å². The van der Waals surface area contributed by atoms with Crippen LogP contribution in [0.25, 0.3) is 11.0 Å². The minimum absolute atomic E-state index is 0.0678. The fraction of sp³-hybridized carbons (Fsp3) is 0.150. The molecule has 1 aromatic heterocycles. The number of carbonyl (C=O) groups excluding carboxylic acids is 2. The van der Waals surface area contributed by atoms with Gasteiger partial charge in [0, 0.05) is 7.05 Å². The lowest BCUT2D eigenvalue weighted by atomic mass is 9.98. The molecule has 3 aromatic rings. The molecule has 0 N–H and O–H groups in total. The number of hydrogen-bond donors (Lipinski definition) is 0. The van der Waals surface area contributed by atoms with Gasteiger partial charge in [-0.3, -0.25) is 9.59 Å². The SMILES string of the molecule is COC(=O)c1ccc(C2c3c(oc4ccccc4c3=O)C(=O)N2C)cc1. The molecule has 26 heavy (non-hydrogen) atoms. The summed E-state index contributed by atoms with van der Waals surface area (Å²) in [5, 5.41) is 0.436. The Morgan fingerprint density at radius 2 is 1.77 bits per heavy atom. The highest BCUT2D eigenvalue weighted by atomic mass is 16.5. The van der Waals surface area contributed by atoms with Gasteiger partial charge in [-0.2, -0.15) is 0 Å². The number of methoxy groups -OCH3 is 1. The first-order valence-corrected chi connectivity index (χ1v) is 8.04.